The van der Waals surface area contributed by atoms with Crippen LogP contribution < -0.4 is 10.2 Å². The number of likely N-dealkylation sites (N-methyl/N-ethyl adjacent to an activating group) is 1. The number of nitrogens with one attached hydrogen (secondary N) is 1. The molecule has 188 valence electrons. The summed E-state index contributed by atoms with van der Waals surface area (Å²) in [6, 6.07) is 9.97. The topological polar surface area (TPSA) is 73.0 Å². The van der Waals surface area contributed by atoms with Crippen molar-refractivity contribution in [2.75, 3.05) is 31.6 Å². The van der Waals surface area contributed by atoms with Gasteiger partial charge in [0, 0.05) is 37.9 Å². The minimum absolute atomic E-state index is 0.0135. The number of hydrazine groups is 1. The minimum Gasteiger partial charge on any atom is -0.355 e. The summed E-state index contributed by atoms with van der Waals surface area (Å²) in [5, 5.41) is 6.34. The Bertz CT molecular complexity index is 1090. The average Bonchev–Trinajstić information content (AvgIpc) is 3.24. The van der Waals surface area contributed by atoms with Gasteiger partial charge in [0.1, 0.15) is 5.82 Å². The number of halogens is 1. The number of benzene rings is 2. The maximum atomic E-state index is 13.6. The van der Waals surface area contributed by atoms with Gasteiger partial charge in [-0.25, -0.2) is 9.40 Å². The molecular formula is C27H35FN4O3. The van der Waals surface area contributed by atoms with Crippen molar-refractivity contribution in [2.45, 2.75) is 53.1 Å². The van der Waals surface area contributed by atoms with Crippen LogP contribution in [0.5, 0.6) is 0 Å². The van der Waals surface area contributed by atoms with E-state index in [9.17, 15) is 18.8 Å². The Morgan fingerprint density at radius 1 is 1.03 bits per heavy atom. The molecule has 0 radical (unpaired) electrons. The molecule has 0 fully saturated rings. The number of unbranched alkanes of at least 4 members (excludes halogenated alkanes) is 2. The van der Waals surface area contributed by atoms with E-state index in [2.05, 4.69) is 12.2 Å². The van der Waals surface area contributed by atoms with Crippen molar-refractivity contribution >= 4 is 23.3 Å². The molecule has 0 spiro atoms. The van der Waals surface area contributed by atoms with E-state index in [0.717, 1.165) is 41.6 Å². The summed E-state index contributed by atoms with van der Waals surface area (Å²) in [7, 11) is 1.69. The molecule has 0 saturated carbocycles. The van der Waals surface area contributed by atoms with E-state index in [1.807, 2.05) is 11.9 Å². The van der Waals surface area contributed by atoms with Gasteiger partial charge in [0.05, 0.1) is 13.1 Å². The van der Waals surface area contributed by atoms with Gasteiger partial charge < -0.3 is 10.2 Å². The van der Waals surface area contributed by atoms with Crippen molar-refractivity contribution < 1.29 is 18.8 Å². The second kappa shape index (κ2) is 11.9. The fourth-order valence-electron chi connectivity index (χ4n) is 4.27. The monoisotopic (exact) mass is 482 g/mol. The molecule has 1 aliphatic heterocycles. The summed E-state index contributed by atoms with van der Waals surface area (Å²) in [5.74, 6) is -0.677. The van der Waals surface area contributed by atoms with Crippen LogP contribution in [-0.4, -0.2) is 54.3 Å². The lowest BCUT2D eigenvalue weighted by molar-refractivity contribution is -0.145. The van der Waals surface area contributed by atoms with Gasteiger partial charge in [-0.15, -0.1) is 0 Å². The van der Waals surface area contributed by atoms with E-state index < -0.39 is 0 Å². The van der Waals surface area contributed by atoms with Crippen molar-refractivity contribution in [2.24, 2.45) is 0 Å². The first kappa shape index (κ1) is 26.3. The molecule has 1 heterocycles. The van der Waals surface area contributed by atoms with Gasteiger partial charge in [0.15, 0.2) is 5.78 Å². The first-order valence-electron chi connectivity index (χ1n) is 12.1. The predicted molar refractivity (Wildman–Crippen MR) is 134 cm³/mol. The van der Waals surface area contributed by atoms with E-state index in [1.165, 1.54) is 19.1 Å². The number of rotatable bonds is 11. The third-order valence-electron chi connectivity index (χ3n) is 6.37. The van der Waals surface area contributed by atoms with Crippen LogP contribution in [0.25, 0.3) is 0 Å². The Balaban J connectivity index is 1.73. The van der Waals surface area contributed by atoms with Crippen molar-refractivity contribution in [1.29, 1.82) is 0 Å². The minimum atomic E-state index is -0.291. The molecule has 8 heteroatoms. The van der Waals surface area contributed by atoms with Crippen molar-refractivity contribution in [3.63, 3.8) is 0 Å². The van der Waals surface area contributed by atoms with Gasteiger partial charge in [-0.05, 0) is 67.3 Å². The number of hydrogen-bond donors (Lipinski definition) is 1. The second-order valence-electron chi connectivity index (χ2n) is 9.12. The Morgan fingerprint density at radius 2 is 1.77 bits per heavy atom. The number of hydrogen-bond acceptors (Lipinski definition) is 5. The SMILES string of the molecule is CCCCCNC(=O)CN(CC(=O)N(C)N1Cc2ccc(F)cc2C1)c1ccc(C(C)=O)cc1C. The van der Waals surface area contributed by atoms with E-state index >= 15 is 0 Å². The highest BCUT2D eigenvalue weighted by molar-refractivity contribution is 5.95. The van der Waals surface area contributed by atoms with Crippen molar-refractivity contribution in [3.05, 3.63) is 64.5 Å². The fraction of sp³-hybridized carbons (Fsp3) is 0.444. The van der Waals surface area contributed by atoms with Crippen LogP contribution in [0.2, 0.25) is 0 Å². The summed E-state index contributed by atoms with van der Waals surface area (Å²) in [6.07, 6.45) is 3.02. The molecule has 0 saturated heterocycles. The highest BCUT2D eigenvalue weighted by Gasteiger charge is 2.27. The van der Waals surface area contributed by atoms with E-state index in [4.69, 9.17) is 0 Å². The lowest BCUT2D eigenvalue weighted by atomic mass is 10.1. The number of carbonyl (C=O) groups is 3. The second-order valence-corrected chi connectivity index (χ2v) is 9.12. The van der Waals surface area contributed by atoms with E-state index in [-0.39, 0.29) is 36.5 Å². The maximum absolute atomic E-state index is 13.6. The molecule has 2 aromatic carbocycles. The molecule has 0 unspecified atom stereocenters. The standard InChI is InChI=1S/C27H35FN4O3/c1-5-6-7-12-29-26(34)17-31(25-11-9-21(20(3)33)13-19(25)2)18-27(35)30(4)32-15-22-8-10-24(28)14-23(22)16-32/h8-11,13-14H,5-7,12,15-18H2,1-4H3,(H,29,34). The van der Waals surface area contributed by atoms with Crippen LogP contribution in [0.15, 0.2) is 36.4 Å². The Kier molecular flexibility index (Phi) is 8.98. The summed E-state index contributed by atoms with van der Waals surface area (Å²) in [5.41, 5.74) is 3.98. The number of Topliss-reactive ketones (excluding diaryl/α,β-unsaturated/α-hetero) is 1. The van der Waals surface area contributed by atoms with Crippen molar-refractivity contribution in [3.8, 4) is 0 Å². The van der Waals surface area contributed by atoms with Gasteiger partial charge >= 0.3 is 0 Å². The summed E-state index contributed by atoms with van der Waals surface area (Å²) in [4.78, 5) is 39.5. The average molecular weight is 483 g/mol. The van der Waals surface area contributed by atoms with Crippen LogP contribution in [0, 0.1) is 12.7 Å². The largest absolute Gasteiger partial charge is 0.355 e. The van der Waals surface area contributed by atoms with Gasteiger partial charge in [0.25, 0.3) is 5.91 Å². The highest BCUT2D eigenvalue weighted by atomic mass is 19.1. The van der Waals surface area contributed by atoms with Crippen LogP contribution in [0.4, 0.5) is 10.1 Å². The van der Waals surface area contributed by atoms with Gasteiger partial charge in [-0.2, -0.15) is 0 Å². The zero-order chi connectivity index (χ0) is 25.5. The molecule has 7 nitrogen and oxygen atoms in total. The van der Waals surface area contributed by atoms with Crippen LogP contribution in [0.1, 0.15) is 60.2 Å². The first-order valence-corrected chi connectivity index (χ1v) is 12.1. The molecule has 0 bridgehead atoms. The molecule has 0 atom stereocenters. The molecule has 2 aromatic rings. The smallest absolute Gasteiger partial charge is 0.256 e. The molecule has 35 heavy (non-hydrogen) atoms. The third kappa shape index (κ3) is 6.88. The molecule has 2 amide bonds. The highest BCUT2D eigenvalue weighted by Crippen LogP contribution is 2.25. The summed E-state index contributed by atoms with van der Waals surface area (Å²) < 4.78 is 13.6. The molecule has 3 rings (SSSR count). The molecule has 0 aromatic heterocycles. The summed E-state index contributed by atoms with van der Waals surface area (Å²) >= 11 is 0. The van der Waals surface area contributed by atoms with Gasteiger partial charge in [-0.3, -0.25) is 19.4 Å². The number of fused-ring (bicyclic) bond motifs is 1. The van der Waals surface area contributed by atoms with Crippen LogP contribution >= 0.6 is 0 Å². The molecular weight excluding hydrogens is 447 g/mol. The normalized spacial score (nSPS) is 12.8. The maximum Gasteiger partial charge on any atom is 0.256 e. The molecule has 1 aliphatic rings. The predicted octanol–water partition coefficient (Wildman–Crippen LogP) is 3.84. The quantitative estimate of drug-likeness (QED) is 0.389. The number of nitrogens with zero attached hydrogens (tertiary/aromatic N) is 3. The third-order valence-corrected chi connectivity index (χ3v) is 6.37. The fourth-order valence-corrected chi connectivity index (χ4v) is 4.27. The lowest BCUT2D eigenvalue weighted by Gasteiger charge is -2.32. The van der Waals surface area contributed by atoms with Crippen LogP contribution in [-0.2, 0) is 22.7 Å². The van der Waals surface area contributed by atoms with Crippen molar-refractivity contribution in [1.82, 2.24) is 15.3 Å². The number of ketones is 1. The number of amides is 2. The lowest BCUT2D eigenvalue weighted by Crippen LogP contribution is -2.48. The zero-order valence-electron chi connectivity index (χ0n) is 21.1. The van der Waals surface area contributed by atoms with Gasteiger partial charge in [0.2, 0.25) is 5.91 Å². The number of aryl methyl sites for hydroxylation is 1. The molecule has 0 aliphatic carbocycles. The van der Waals surface area contributed by atoms with Gasteiger partial charge in [-0.1, -0.05) is 25.8 Å². The van der Waals surface area contributed by atoms with Crippen LogP contribution in [0.3, 0.4) is 0 Å². The molecule has 1 N–H and O–H groups in total. The number of carbonyl (C=O) groups excluding carboxylic acids is 3. The Labute approximate surface area is 206 Å². The van der Waals surface area contributed by atoms with E-state index in [0.29, 0.717) is 25.2 Å². The summed E-state index contributed by atoms with van der Waals surface area (Å²) in [6.45, 7) is 7.05. The number of anilines is 1. The zero-order valence-corrected chi connectivity index (χ0v) is 21.1. The Morgan fingerprint density at radius 3 is 2.46 bits per heavy atom. The Hall–Kier alpha value is -3.26. The van der Waals surface area contributed by atoms with E-state index in [1.54, 1.807) is 41.2 Å². The first-order chi connectivity index (χ1) is 16.7.